The molecule has 0 aromatic heterocycles. The van der Waals surface area contributed by atoms with Gasteiger partial charge in [0.05, 0.1) is 27.0 Å². The van der Waals surface area contributed by atoms with Gasteiger partial charge in [-0.1, -0.05) is 30.7 Å². The highest BCUT2D eigenvalue weighted by Gasteiger charge is 2.11. The summed E-state index contributed by atoms with van der Waals surface area (Å²) in [6.45, 7) is 2.97. The molecule has 0 radical (unpaired) electrons. The number of benzene rings is 3. The molecule has 0 saturated carbocycles. The van der Waals surface area contributed by atoms with Crippen LogP contribution < -0.4 is 24.4 Å². The van der Waals surface area contributed by atoms with Crippen LogP contribution in [0.2, 0.25) is 5.02 Å². The third kappa shape index (κ3) is 6.89. The summed E-state index contributed by atoms with van der Waals surface area (Å²) in [7, 11) is 3.10. The Hall–Kier alpha value is -3.71. The van der Waals surface area contributed by atoms with Gasteiger partial charge in [-0.2, -0.15) is 5.10 Å². The van der Waals surface area contributed by atoms with Crippen molar-refractivity contribution in [3.8, 4) is 23.0 Å². The molecule has 0 saturated heterocycles. The lowest BCUT2D eigenvalue weighted by molar-refractivity contribution is 0.0954. The Balaban J connectivity index is 1.61. The molecule has 3 aromatic rings. The summed E-state index contributed by atoms with van der Waals surface area (Å²) in [6.07, 6.45) is 2.40. The third-order valence-electron chi connectivity index (χ3n) is 4.76. The van der Waals surface area contributed by atoms with Crippen LogP contribution in [0.25, 0.3) is 0 Å². The van der Waals surface area contributed by atoms with E-state index in [1.165, 1.54) is 13.3 Å². The molecule has 0 heterocycles. The molecule has 178 valence electrons. The van der Waals surface area contributed by atoms with Crippen molar-refractivity contribution in [2.75, 3.05) is 20.8 Å². The van der Waals surface area contributed by atoms with E-state index in [4.69, 9.17) is 30.5 Å². The van der Waals surface area contributed by atoms with Crippen molar-refractivity contribution in [2.45, 2.75) is 20.0 Å². The SMILES string of the molecule is CCCOc1ccc(C(=O)N/N=C/c2ccc(OCc3ccc(Cl)cc3)c(OC)c2)cc1OC. The van der Waals surface area contributed by atoms with E-state index in [0.29, 0.717) is 46.8 Å². The molecular weight excluding hydrogens is 456 g/mol. The lowest BCUT2D eigenvalue weighted by atomic mass is 10.2. The smallest absolute Gasteiger partial charge is 0.271 e. The second-order valence-corrected chi connectivity index (χ2v) is 7.68. The van der Waals surface area contributed by atoms with Gasteiger partial charge < -0.3 is 18.9 Å². The van der Waals surface area contributed by atoms with Crippen molar-refractivity contribution >= 4 is 23.7 Å². The van der Waals surface area contributed by atoms with Gasteiger partial charge in [0, 0.05) is 10.6 Å². The normalized spacial score (nSPS) is 10.7. The maximum absolute atomic E-state index is 12.5. The van der Waals surface area contributed by atoms with Gasteiger partial charge in [0.2, 0.25) is 0 Å². The number of methoxy groups -OCH3 is 2. The first-order valence-electron chi connectivity index (χ1n) is 10.7. The van der Waals surface area contributed by atoms with E-state index in [-0.39, 0.29) is 5.91 Å². The molecule has 0 bridgehead atoms. The summed E-state index contributed by atoms with van der Waals surface area (Å²) in [4.78, 5) is 12.5. The fourth-order valence-electron chi connectivity index (χ4n) is 3.00. The number of carbonyl (C=O) groups excluding carboxylic acids is 1. The average molecular weight is 483 g/mol. The first-order valence-corrected chi connectivity index (χ1v) is 11.1. The molecule has 1 amide bonds. The Morgan fingerprint density at radius 3 is 2.29 bits per heavy atom. The highest BCUT2D eigenvalue weighted by molar-refractivity contribution is 6.30. The largest absolute Gasteiger partial charge is 0.493 e. The Morgan fingerprint density at radius 2 is 1.59 bits per heavy atom. The first kappa shape index (κ1) is 24.9. The molecule has 3 aromatic carbocycles. The van der Waals surface area contributed by atoms with E-state index in [0.717, 1.165) is 17.5 Å². The molecule has 3 rings (SSSR count). The van der Waals surface area contributed by atoms with E-state index in [1.54, 1.807) is 37.4 Å². The third-order valence-corrected chi connectivity index (χ3v) is 5.01. The Bertz CT molecular complexity index is 1130. The number of rotatable bonds is 11. The minimum Gasteiger partial charge on any atom is -0.493 e. The lowest BCUT2D eigenvalue weighted by Crippen LogP contribution is -2.17. The van der Waals surface area contributed by atoms with E-state index in [2.05, 4.69) is 10.5 Å². The van der Waals surface area contributed by atoms with E-state index >= 15 is 0 Å². The monoisotopic (exact) mass is 482 g/mol. The summed E-state index contributed by atoms with van der Waals surface area (Å²) in [6, 6.07) is 17.8. The minimum absolute atomic E-state index is 0.369. The van der Waals surface area contributed by atoms with Crippen molar-refractivity contribution in [1.82, 2.24) is 5.43 Å². The molecule has 0 aliphatic carbocycles. The fraction of sp³-hybridized carbons (Fsp3) is 0.231. The Kier molecular flexibility index (Phi) is 9.17. The first-order chi connectivity index (χ1) is 16.5. The molecule has 0 unspecified atom stereocenters. The van der Waals surface area contributed by atoms with E-state index in [9.17, 15) is 4.79 Å². The number of hydrogen-bond acceptors (Lipinski definition) is 6. The van der Waals surface area contributed by atoms with E-state index in [1.807, 2.05) is 37.3 Å². The Morgan fingerprint density at radius 1 is 0.912 bits per heavy atom. The lowest BCUT2D eigenvalue weighted by Gasteiger charge is -2.11. The standard InChI is InChI=1S/C26H27ClN2O5/c1-4-13-33-22-12-8-20(15-25(22)32-3)26(30)29-28-16-19-7-11-23(24(14-19)31-2)34-17-18-5-9-21(27)10-6-18/h5-12,14-16H,4,13,17H2,1-3H3,(H,29,30)/b28-16+. The van der Waals surface area contributed by atoms with Crippen molar-refractivity contribution in [1.29, 1.82) is 0 Å². The maximum atomic E-state index is 12.5. The number of hydrogen-bond donors (Lipinski definition) is 1. The molecule has 0 fully saturated rings. The van der Waals surface area contributed by atoms with Crippen molar-refractivity contribution in [3.05, 3.63) is 82.4 Å². The van der Waals surface area contributed by atoms with Gasteiger partial charge in [-0.05, 0) is 66.1 Å². The van der Waals surface area contributed by atoms with Crippen molar-refractivity contribution in [3.63, 3.8) is 0 Å². The van der Waals surface area contributed by atoms with Crippen LogP contribution in [0.15, 0.2) is 65.8 Å². The molecule has 34 heavy (non-hydrogen) atoms. The number of nitrogens with zero attached hydrogens (tertiary/aromatic N) is 1. The average Bonchev–Trinajstić information content (AvgIpc) is 2.87. The second-order valence-electron chi connectivity index (χ2n) is 7.24. The van der Waals surface area contributed by atoms with Crippen LogP contribution in [0.4, 0.5) is 0 Å². The quantitative estimate of drug-likeness (QED) is 0.289. The summed E-state index contributed by atoms with van der Waals surface area (Å²) >= 11 is 5.92. The zero-order chi connectivity index (χ0) is 24.3. The molecule has 7 nitrogen and oxygen atoms in total. The van der Waals surface area contributed by atoms with Gasteiger partial charge in [-0.25, -0.2) is 5.43 Å². The van der Waals surface area contributed by atoms with Crippen LogP contribution in [0.1, 0.15) is 34.8 Å². The zero-order valence-corrected chi connectivity index (χ0v) is 20.1. The molecular formula is C26H27ClN2O5. The molecule has 0 atom stereocenters. The number of nitrogens with one attached hydrogen (secondary N) is 1. The van der Waals surface area contributed by atoms with Crippen LogP contribution >= 0.6 is 11.6 Å². The van der Waals surface area contributed by atoms with Crippen LogP contribution in [0.5, 0.6) is 23.0 Å². The topological polar surface area (TPSA) is 78.4 Å². The summed E-state index contributed by atoms with van der Waals surface area (Å²) < 4.78 is 22.2. The maximum Gasteiger partial charge on any atom is 0.271 e. The number of amides is 1. The summed E-state index contributed by atoms with van der Waals surface area (Å²) in [5.41, 5.74) is 4.64. The van der Waals surface area contributed by atoms with Crippen LogP contribution in [0, 0.1) is 0 Å². The van der Waals surface area contributed by atoms with E-state index < -0.39 is 0 Å². The highest BCUT2D eigenvalue weighted by atomic mass is 35.5. The summed E-state index contributed by atoms with van der Waals surface area (Å²) in [5.74, 6) is 1.86. The van der Waals surface area contributed by atoms with Crippen LogP contribution in [-0.2, 0) is 6.61 Å². The predicted molar refractivity (Wildman–Crippen MR) is 133 cm³/mol. The predicted octanol–water partition coefficient (Wildman–Crippen LogP) is 5.49. The number of hydrazone groups is 1. The molecule has 0 aliphatic rings. The second kappa shape index (κ2) is 12.5. The van der Waals surface area contributed by atoms with Gasteiger partial charge >= 0.3 is 0 Å². The highest BCUT2D eigenvalue weighted by Crippen LogP contribution is 2.29. The van der Waals surface area contributed by atoms with Gasteiger partial charge in [0.25, 0.3) is 5.91 Å². The number of carbonyl (C=O) groups is 1. The summed E-state index contributed by atoms with van der Waals surface area (Å²) in [5, 5.41) is 4.72. The molecule has 1 N–H and O–H groups in total. The molecule has 0 spiro atoms. The van der Waals surface area contributed by atoms with Crippen molar-refractivity contribution in [2.24, 2.45) is 5.10 Å². The zero-order valence-electron chi connectivity index (χ0n) is 19.3. The fourth-order valence-corrected chi connectivity index (χ4v) is 3.12. The molecule has 8 heteroatoms. The van der Waals surface area contributed by atoms with Crippen LogP contribution in [-0.4, -0.2) is 32.9 Å². The Labute approximate surface area is 204 Å². The minimum atomic E-state index is -0.369. The van der Waals surface area contributed by atoms with Gasteiger partial charge in [-0.3, -0.25) is 4.79 Å². The van der Waals surface area contributed by atoms with Gasteiger partial charge in [0.1, 0.15) is 6.61 Å². The number of ether oxygens (including phenoxy) is 4. The van der Waals surface area contributed by atoms with Gasteiger partial charge in [-0.15, -0.1) is 0 Å². The number of halogens is 1. The van der Waals surface area contributed by atoms with Crippen molar-refractivity contribution < 1.29 is 23.7 Å². The molecule has 0 aliphatic heterocycles. The van der Waals surface area contributed by atoms with Crippen LogP contribution in [0.3, 0.4) is 0 Å². The van der Waals surface area contributed by atoms with Gasteiger partial charge in [0.15, 0.2) is 23.0 Å².